The predicted molar refractivity (Wildman–Crippen MR) is 120 cm³/mol. The molecule has 0 atom stereocenters. The molecule has 2 aromatic heterocycles. The van der Waals surface area contributed by atoms with Gasteiger partial charge in [0.1, 0.15) is 5.69 Å². The van der Waals surface area contributed by atoms with Crippen LogP contribution in [0, 0.1) is 11.8 Å². The van der Waals surface area contributed by atoms with E-state index >= 15 is 0 Å². The Bertz CT molecular complexity index is 1460. The van der Waals surface area contributed by atoms with E-state index in [2.05, 4.69) is 16.8 Å². The number of primary sulfonamides is 1. The summed E-state index contributed by atoms with van der Waals surface area (Å²) >= 11 is 0. The smallest absolute Gasteiger partial charge is 0.251 e. The number of nitrogens with two attached hydrogens (primary N) is 1. The van der Waals surface area contributed by atoms with Gasteiger partial charge in [-0.15, -0.1) is 0 Å². The maximum Gasteiger partial charge on any atom is 0.251 e. The van der Waals surface area contributed by atoms with E-state index in [1.807, 2.05) is 36.4 Å². The zero-order valence-electron chi connectivity index (χ0n) is 16.5. The van der Waals surface area contributed by atoms with Gasteiger partial charge in [-0.3, -0.25) is 4.79 Å². The van der Waals surface area contributed by atoms with Crippen LogP contribution in [0.5, 0.6) is 0 Å². The third-order valence-corrected chi connectivity index (χ3v) is 5.71. The Morgan fingerprint density at radius 3 is 2.39 bits per heavy atom. The van der Waals surface area contributed by atoms with E-state index in [4.69, 9.17) is 5.14 Å². The number of nitrogens with zero attached hydrogens (tertiary/aromatic N) is 2. The lowest BCUT2D eigenvalue weighted by atomic mass is 10.1. The number of pyridine rings is 2. The van der Waals surface area contributed by atoms with E-state index in [-0.39, 0.29) is 10.5 Å². The molecule has 0 saturated carbocycles. The van der Waals surface area contributed by atoms with E-state index in [0.717, 1.165) is 21.9 Å². The number of hydrogen-bond acceptors (Lipinski definition) is 4. The number of sulfonamides is 1. The molecule has 0 fully saturated rings. The number of hydrogen-bond donors (Lipinski definition) is 1. The quantitative estimate of drug-likeness (QED) is 0.505. The van der Waals surface area contributed by atoms with Gasteiger partial charge in [-0.05, 0) is 35.2 Å². The number of aromatic nitrogens is 2. The fourth-order valence-corrected chi connectivity index (χ4v) is 3.68. The van der Waals surface area contributed by atoms with Crippen LogP contribution >= 0.6 is 0 Å². The Morgan fingerprint density at radius 2 is 1.68 bits per heavy atom. The lowest BCUT2D eigenvalue weighted by Crippen LogP contribution is -2.19. The van der Waals surface area contributed by atoms with Gasteiger partial charge in [0.25, 0.3) is 5.56 Å². The summed E-state index contributed by atoms with van der Waals surface area (Å²) in [5.74, 6) is 6.20. The first kappa shape index (κ1) is 20.5. The summed E-state index contributed by atoms with van der Waals surface area (Å²) in [6.45, 7) is 0.303. The zero-order chi connectivity index (χ0) is 21.8. The average Bonchev–Trinajstić information content (AvgIpc) is 2.75. The predicted octanol–water partition coefficient (Wildman–Crippen LogP) is 2.69. The Labute approximate surface area is 180 Å². The van der Waals surface area contributed by atoms with Gasteiger partial charge >= 0.3 is 0 Å². The highest BCUT2D eigenvalue weighted by molar-refractivity contribution is 7.89. The van der Waals surface area contributed by atoms with Crippen LogP contribution in [-0.2, 0) is 23.0 Å². The summed E-state index contributed by atoms with van der Waals surface area (Å²) in [6, 6.07) is 19.5. The van der Waals surface area contributed by atoms with Crippen LogP contribution < -0.4 is 10.7 Å². The monoisotopic (exact) mass is 429 g/mol. The molecule has 0 amide bonds. The largest absolute Gasteiger partial charge is 0.310 e. The molecule has 6 nitrogen and oxygen atoms in total. The molecule has 2 N–H and O–H groups in total. The molecule has 154 valence electrons. The maximum atomic E-state index is 12.5. The summed E-state index contributed by atoms with van der Waals surface area (Å²) in [5, 5.41) is 6.71. The molecule has 4 rings (SSSR count). The van der Waals surface area contributed by atoms with Crippen molar-refractivity contribution in [3.05, 3.63) is 106 Å². The van der Waals surface area contributed by atoms with E-state index in [1.165, 1.54) is 18.2 Å². The lowest BCUT2D eigenvalue weighted by Gasteiger charge is -2.08. The SMILES string of the molecule is NS(=O)(=O)c1ccc(Cn2cc3cc(C#CCc4ccccc4)ncc3cc2=O)cc1. The summed E-state index contributed by atoms with van der Waals surface area (Å²) in [4.78, 5) is 16.8. The summed E-state index contributed by atoms with van der Waals surface area (Å²) in [5.41, 5.74) is 2.38. The minimum atomic E-state index is -3.75. The van der Waals surface area contributed by atoms with Crippen LogP contribution in [0.15, 0.2) is 88.8 Å². The third-order valence-electron chi connectivity index (χ3n) is 4.78. The zero-order valence-corrected chi connectivity index (χ0v) is 17.3. The van der Waals surface area contributed by atoms with Crippen molar-refractivity contribution in [1.29, 1.82) is 0 Å². The van der Waals surface area contributed by atoms with E-state index < -0.39 is 10.0 Å². The average molecular weight is 430 g/mol. The second kappa shape index (κ2) is 8.56. The summed E-state index contributed by atoms with van der Waals surface area (Å²) in [7, 11) is -3.75. The van der Waals surface area contributed by atoms with Gasteiger partial charge in [-0.2, -0.15) is 0 Å². The molecule has 0 unspecified atom stereocenters. The number of fused-ring (bicyclic) bond motifs is 1. The molecule has 0 spiro atoms. The van der Waals surface area contributed by atoms with Gasteiger partial charge in [0.2, 0.25) is 10.0 Å². The molecule has 4 aromatic rings. The Kier molecular flexibility index (Phi) is 5.67. The standard InChI is InChI=1S/C24H19N3O3S/c25-31(29,30)23-11-9-19(10-12-23)16-27-17-21-13-22(26-15-20(21)14-24(27)28)8-4-7-18-5-2-1-3-6-18/h1-3,5-6,9-15,17H,7,16H2,(H2,25,29,30). The molecule has 0 bridgehead atoms. The van der Waals surface area contributed by atoms with Crippen LogP contribution in [0.1, 0.15) is 16.8 Å². The highest BCUT2D eigenvalue weighted by Crippen LogP contribution is 2.14. The second-order valence-electron chi connectivity index (χ2n) is 7.09. The van der Waals surface area contributed by atoms with E-state index in [0.29, 0.717) is 18.7 Å². The minimum absolute atomic E-state index is 0.0342. The van der Waals surface area contributed by atoms with Gasteiger partial charge in [-0.25, -0.2) is 18.5 Å². The minimum Gasteiger partial charge on any atom is -0.310 e. The van der Waals surface area contributed by atoms with Crippen molar-refractivity contribution in [2.45, 2.75) is 17.9 Å². The van der Waals surface area contributed by atoms with Crippen molar-refractivity contribution in [2.24, 2.45) is 5.14 Å². The van der Waals surface area contributed by atoms with Crippen molar-refractivity contribution in [3.8, 4) is 11.8 Å². The highest BCUT2D eigenvalue weighted by atomic mass is 32.2. The topological polar surface area (TPSA) is 95.1 Å². The highest BCUT2D eigenvalue weighted by Gasteiger charge is 2.08. The van der Waals surface area contributed by atoms with Crippen molar-refractivity contribution < 1.29 is 8.42 Å². The molecule has 31 heavy (non-hydrogen) atoms. The first-order valence-electron chi connectivity index (χ1n) is 9.53. The fourth-order valence-electron chi connectivity index (χ4n) is 3.17. The Morgan fingerprint density at radius 1 is 0.935 bits per heavy atom. The summed E-state index contributed by atoms with van der Waals surface area (Å²) < 4.78 is 24.4. The molecule has 7 heteroatoms. The van der Waals surface area contributed by atoms with Crippen molar-refractivity contribution in [2.75, 3.05) is 0 Å². The van der Waals surface area contributed by atoms with Crippen LogP contribution in [0.4, 0.5) is 0 Å². The normalized spacial score (nSPS) is 11.1. The third kappa shape index (κ3) is 5.07. The second-order valence-corrected chi connectivity index (χ2v) is 8.65. The van der Waals surface area contributed by atoms with E-state index in [1.54, 1.807) is 29.1 Å². The van der Waals surface area contributed by atoms with Crippen molar-refractivity contribution in [1.82, 2.24) is 9.55 Å². The van der Waals surface area contributed by atoms with Crippen LogP contribution in [-0.4, -0.2) is 18.0 Å². The van der Waals surface area contributed by atoms with Crippen LogP contribution in [0.3, 0.4) is 0 Å². The first-order chi connectivity index (χ1) is 14.9. The van der Waals surface area contributed by atoms with Gasteiger partial charge in [-0.1, -0.05) is 48.4 Å². The van der Waals surface area contributed by atoms with Gasteiger partial charge in [0, 0.05) is 35.7 Å². The van der Waals surface area contributed by atoms with Gasteiger partial charge < -0.3 is 4.57 Å². The molecular formula is C24H19N3O3S. The van der Waals surface area contributed by atoms with Crippen molar-refractivity contribution >= 4 is 20.8 Å². The Balaban J connectivity index is 1.59. The van der Waals surface area contributed by atoms with Gasteiger partial charge in [0.15, 0.2) is 0 Å². The molecule has 0 saturated heterocycles. The fraction of sp³-hybridized carbons (Fsp3) is 0.0833. The summed E-state index contributed by atoms with van der Waals surface area (Å²) in [6.07, 6.45) is 4.04. The van der Waals surface area contributed by atoms with Crippen molar-refractivity contribution in [3.63, 3.8) is 0 Å². The first-order valence-corrected chi connectivity index (χ1v) is 11.1. The molecule has 0 aliphatic heterocycles. The molecule has 2 aromatic carbocycles. The van der Waals surface area contributed by atoms with Crippen LogP contribution in [0.25, 0.3) is 10.8 Å². The molecule has 0 aliphatic rings. The molecule has 2 heterocycles. The van der Waals surface area contributed by atoms with Crippen LogP contribution in [0.2, 0.25) is 0 Å². The molecule has 0 radical (unpaired) electrons. The molecule has 0 aliphatic carbocycles. The van der Waals surface area contributed by atoms with Gasteiger partial charge in [0.05, 0.1) is 11.4 Å². The number of benzene rings is 2. The maximum absolute atomic E-state index is 12.5. The number of rotatable bonds is 4. The lowest BCUT2D eigenvalue weighted by molar-refractivity contribution is 0.597. The molecular weight excluding hydrogens is 410 g/mol. The Hall–Kier alpha value is -3.73. The van der Waals surface area contributed by atoms with E-state index in [9.17, 15) is 13.2 Å².